The third-order valence-electron chi connectivity index (χ3n) is 8.02. The fourth-order valence-electron chi connectivity index (χ4n) is 5.59. The van der Waals surface area contributed by atoms with Crippen LogP contribution in [0.25, 0.3) is 22.6 Å². The number of nitrogens with zero attached hydrogens (tertiary/aromatic N) is 5. The van der Waals surface area contributed by atoms with E-state index in [0.717, 1.165) is 60.8 Å². The van der Waals surface area contributed by atoms with E-state index < -0.39 is 0 Å². The average molecular weight is 531 g/mol. The molecule has 2 atom stereocenters. The number of aromatic nitrogens is 4. The van der Waals surface area contributed by atoms with Crippen molar-refractivity contribution in [1.29, 1.82) is 0 Å². The van der Waals surface area contributed by atoms with Crippen molar-refractivity contribution >= 4 is 22.8 Å². The Morgan fingerprint density at radius 2 is 1.89 bits per heavy atom. The standard InChI is InChI=1S/C29H31ClN6O2/c1-29(9-10-29)38-28-25-27(32-18-33-28)36(17-19-5-3-2-4-6-19)26(34-25)23-8-7-22(14-24(23)30)37-12-11-35-20-13-21(35)16-31-15-20/h2-8,14,18,20-21,31H,9-13,15-17H2,1H3. The van der Waals surface area contributed by atoms with Crippen LogP contribution in [0.2, 0.25) is 5.02 Å². The van der Waals surface area contributed by atoms with Crippen LogP contribution in [0.4, 0.5) is 0 Å². The quantitative estimate of drug-likeness (QED) is 0.340. The molecule has 7 rings (SSSR count). The Bertz CT molecular complexity index is 1460. The minimum atomic E-state index is -0.174. The lowest BCUT2D eigenvalue weighted by Crippen LogP contribution is -2.68. The van der Waals surface area contributed by atoms with Gasteiger partial charge in [-0.2, -0.15) is 4.98 Å². The molecule has 3 aliphatic rings. The maximum Gasteiger partial charge on any atom is 0.245 e. The number of piperidine rings is 1. The zero-order valence-corrected chi connectivity index (χ0v) is 22.2. The first-order valence-corrected chi connectivity index (χ1v) is 13.8. The van der Waals surface area contributed by atoms with E-state index in [4.69, 9.17) is 26.1 Å². The second-order valence-corrected chi connectivity index (χ2v) is 11.2. The number of piperazine rings is 1. The van der Waals surface area contributed by atoms with Crippen LogP contribution in [-0.2, 0) is 6.54 Å². The normalized spacial score (nSPS) is 21.7. The molecule has 4 aromatic rings. The Balaban J connectivity index is 1.18. The van der Waals surface area contributed by atoms with Crippen molar-refractivity contribution in [2.24, 2.45) is 0 Å². The molecule has 2 unspecified atom stereocenters. The Hall–Kier alpha value is -3.20. The molecule has 0 amide bonds. The zero-order valence-electron chi connectivity index (χ0n) is 21.4. The van der Waals surface area contributed by atoms with Gasteiger partial charge in [0.2, 0.25) is 5.88 Å². The van der Waals surface area contributed by atoms with Gasteiger partial charge in [0.15, 0.2) is 11.2 Å². The summed E-state index contributed by atoms with van der Waals surface area (Å²) in [5.74, 6) is 2.01. The number of imidazole rings is 1. The SMILES string of the molecule is CC1(Oc2ncnc3c2nc(-c2ccc(OCCN4C5CNCC4C5)cc2Cl)n3Cc2ccccc2)CC1. The zero-order chi connectivity index (χ0) is 25.7. The summed E-state index contributed by atoms with van der Waals surface area (Å²) in [7, 11) is 0. The number of hydrogen-bond donors (Lipinski definition) is 1. The summed E-state index contributed by atoms with van der Waals surface area (Å²) in [5.41, 5.74) is 3.17. The maximum atomic E-state index is 6.86. The lowest BCUT2D eigenvalue weighted by molar-refractivity contribution is -0.0212. The van der Waals surface area contributed by atoms with Crippen molar-refractivity contribution in [3.63, 3.8) is 0 Å². The van der Waals surface area contributed by atoms with E-state index in [9.17, 15) is 0 Å². The van der Waals surface area contributed by atoms with Crippen molar-refractivity contribution in [2.45, 2.75) is 50.4 Å². The second-order valence-electron chi connectivity index (χ2n) is 10.8. The van der Waals surface area contributed by atoms with Gasteiger partial charge in [-0.15, -0.1) is 0 Å². The van der Waals surface area contributed by atoms with Gasteiger partial charge in [0.1, 0.15) is 30.1 Å². The highest BCUT2D eigenvalue weighted by atomic mass is 35.5. The number of benzene rings is 2. The number of hydrogen-bond acceptors (Lipinski definition) is 7. The average Bonchev–Trinajstić information content (AvgIpc) is 3.55. The Morgan fingerprint density at radius 1 is 1.08 bits per heavy atom. The van der Waals surface area contributed by atoms with Gasteiger partial charge in [0, 0.05) is 37.3 Å². The molecule has 0 spiro atoms. The van der Waals surface area contributed by atoms with Gasteiger partial charge in [0.25, 0.3) is 0 Å². The maximum absolute atomic E-state index is 6.86. The van der Waals surface area contributed by atoms with Crippen molar-refractivity contribution in [2.75, 3.05) is 26.2 Å². The van der Waals surface area contributed by atoms with Gasteiger partial charge in [-0.1, -0.05) is 41.9 Å². The molecule has 9 heteroatoms. The van der Waals surface area contributed by atoms with Crippen molar-refractivity contribution in [3.05, 3.63) is 65.4 Å². The Morgan fingerprint density at radius 3 is 2.63 bits per heavy atom. The highest BCUT2D eigenvalue weighted by molar-refractivity contribution is 6.33. The number of rotatable bonds is 9. The third-order valence-corrected chi connectivity index (χ3v) is 8.33. The molecule has 1 saturated carbocycles. The van der Waals surface area contributed by atoms with Crippen molar-refractivity contribution in [1.82, 2.24) is 29.7 Å². The first kappa shape index (κ1) is 23.9. The molecule has 196 valence electrons. The van der Waals surface area contributed by atoms with E-state index in [1.54, 1.807) is 6.33 Å². The molecule has 2 bridgehead atoms. The molecule has 38 heavy (non-hydrogen) atoms. The van der Waals surface area contributed by atoms with Crippen LogP contribution in [0.3, 0.4) is 0 Å². The smallest absolute Gasteiger partial charge is 0.245 e. The minimum Gasteiger partial charge on any atom is -0.492 e. The van der Waals surface area contributed by atoms with E-state index in [1.165, 1.54) is 6.42 Å². The summed E-state index contributed by atoms with van der Waals surface area (Å²) >= 11 is 6.86. The van der Waals surface area contributed by atoms with Gasteiger partial charge >= 0.3 is 0 Å². The molecule has 1 N–H and O–H groups in total. The number of ether oxygens (including phenoxy) is 2. The molecule has 2 aliphatic heterocycles. The fraction of sp³-hybridized carbons (Fsp3) is 0.414. The lowest BCUT2D eigenvalue weighted by atomic mass is 9.89. The number of fused-ring (bicyclic) bond motifs is 3. The summed E-state index contributed by atoms with van der Waals surface area (Å²) in [6.07, 6.45) is 4.88. The molecule has 4 heterocycles. The van der Waals surface area contributed by atoms with E-state index in [2.05, 4.69) is 43.8 Å². The van der Waals surface area contributed by atoms with Crippen LogP contribution in [0.5, 0.6) is 11.6 Å². The molecular weight excluding hydrogens is 500 g/mol. The van der Waals surface area contributed by atoms with E-state index in [1.807, 2.05) is 36.4 Å². The van der Waals surface area contributed by atoms with Crippen LogP contribution in [0, 0.1) is 0 Å². The van der Waals surface area contributed by atoms with Crippen molar-refractivity contribution < 1.29 is 9.47 Å². The number of halogens is 1. The third kappa shape index (κ3) is 4.51. The van der Waals surface area contributed by atoms with Gasteiger partial charge in [-0.05, 0) is 49.9 Å². The predicted molar refractivity (Wildman–Crippen MR) is 147 cm³/mol. The molecule has 0 radical (unpaired) electrons. The summed E-state index contributed by atoms with van der Waals surface area (Å²) < 4.78 is 14.4. The predicted octanol–water partition coefficient (Wildman–Crippen LogP) is 4.55. The fourth-order valence-corrected chi connectivity index (χ4v) is 5.84. The van der Waals surface area contributed by atoms with Gasteiger partial charge in [-0.25, -0.2) is 9.97 Å². The first-order chi connectivity index (χ1) is 18.6. The molecule has 8 nitrogen and oxygen atoms in total. The van der Waals surface area contributed by atoms with Gasteiger partial charge < -0.3 is 19.4 Å². The highest BCUT2D eigenvalue weighted by Gasteiger charge is 2.42. The van der Waals surface area contributed by atoms with Crippen LogP contribution in [-0.4, -0.2) is 68.3 Å². The van der Waals surface area contributed by atoms with Gasteiger partial charge in [0.05, 0.1) is 11.6 Å². The van der Waals surface area contributed by atoms with Crippen molar-refractivity contribution in [3.8, 4) is 23.0 Å². The Kier molecular flexibility index (Phi) is 5.98. The summed E-state index contributed by atoms with van der Waals surface area (Å²) in [4.78, 5) is 16.6. The number of nitrogens with one attached hydrogen (secondary N) is 1. The molecule has 3 fully saturated rings. The summed E-state index contributed by atoms with van der Waals surface area (Å²) in [6.45, 7) is 6.44. The molecule has 2 aromatic carbocycles. The van der Waals surface area contributed by atoms with E-state index in [-0.39, 0.29) is 5.60 Å². The lowest BCUT2D eigenvalue weighted by Gasteiger charge is -2.53. The minimum absolute atomic E-state index is 0.174. The highest BCUT2D eigenvalue weighted by Crippen LogP contribution is 2.41. The first-order valence-electron chi connectivity index (χ1n) is 13.4. The topological polar surface area (TPSA) is 77.3 Å². The summed E-state index contributed by atoms with van der Waals surface area (Å²) in [6, 6.07) is 17.4. The van der Waals surface area contributed by atoms with Crippen LogP contribution in [0.15, 0.2) is 54.9 Å². The van der Waals surface area contributed by atoms with E-state index in [0.29, 0.717) is 41.7 Å². The van der Waals surface area contributed by atoms with Crippen LogP contribution in [0.1, 0.15) is 31.7 Å². The van der Waals surface area contributed by atoms with E-state index >= 15 is 0 Å². The second kappa shape index (κ2) is 9.52. The molecule has 2 aromatic heterocycles. The molecule has 1 aliphatic carbocycles. The summed E-state index contributed by atoms with van der Waals surface area (Å²) in [5, 5.41) is 4.06. The largest absolute Gasteiger partial charge is 0.492 e. The monoisotopic (exact) mass is 530 g/mol. The van der Waals surface area contributed by atoms with Gasteiger partial charge in [-0.3, -0.25) is 4.90 Å². The van der Waals surface area contributed by atoms with Crippen LogP contribution >= 0.6 is 11.6 Å². The van der Waals surface area contributed by atoms with Crippen LogP contribution < -0.4 is 14.8 Å². The molecule has 2 saturated heterocycles. The Labute approximate surface area is 227 Å². The molecular formula is C29H31ClN6O2.